The van der Waals surface area contributed by atoms with Crippen LogP contribution in [0.3, 0.4) is 0 Å². The van der Waals surface area contributed by atoms with E-state index >= 15 is 0 Å². The fourth-order valence-corrected chi connectivity index (χ4v) is 2.61. The van der Waals surface area contributed by atoms with Gasteiger partial charge in [0.05, 0.1) is 0 Å². The lowest BCUT2D eigenvalue weighted by Crippen LogP contribution is -2.16. The zero-order chi connectivity index (χ0) is 13.8. The van der Waals surface area contributed by atoms with Gasteiger partial charge in [0.2, 0.25) is 5.13 Å². The normalized spacial score (nSPS) is 10.7. The van der Waals surface area contributed by atoms with E-state index in [1.54, 1.807) is 6.07 Å². The summed E-state index contributed by atoms with van der Waals surface area (Å²) in [6.45, 7) is 2.79. The molecule has 0 spiro atoms. The summed E-state index contributed by atoms with van der Waals surface area (Å²) in [6.07, 6.45) is 1.98. The molecule has 0 atom stereocenters. The first-order valence-corrected chi connectivity index (χ1v) is 7.33. The van der Waals surface area contributed by atoms with Crippen LogP contribution in [0.25, 0.3) is 0 Å². The van der Waals surface area contributed by atoms with E-state index in [1.165, 1.54) is 11.5 Å². The first-order chi connectivity index (χ1) is 9.10. The average Bonchev–Trinajstić information content (AvgIpc) is 2.83. The average molecular weight is 297 g/mol. The zero-order valence-corrected chi connectivity index (χ0v) is 12.6. The number of nitrogen functional groups attached to an aromatic ring is 1. The van der Waals surface area contributed by atoms with Gasteiger partial charge in [0.1, 0.15) is 5.82 Å². The molecule has 0 aliphatic rings. The van der Waals surface area contributed by atoms with Crippen LogP contribution in [0.4, 0.5) is 10.8 Å². The third kappa shape index (κ3) is 3.58. The molecule has 0 saturated carbocycles. The highest BCUT2D eigenvalue weighted by atomic mass is 35.5. The monoisotopic (exact) mass is 296 g/mol. The summed E-state index contributed by atoms with van der Waals surface area (Å²) in [4.78, 5) is 6.55. The molecule has 0 fully saturated rings. The summed E-state index contributed by atoms with van der Waals surface area (Å²) in [5, 5.41) is 1.63. The van der Waals surface area contributed by atoms with Crippen molar-refractivity contribution in [3.63, 3.8) is 0 Å². The second-order valence-corrected chi connectivity index (χ2v) is 5.59. The van der Waals surface area contributed by atoms with Crippen LogP contribution < -0.4 is 10.6 Å². The van der Waals surface area contributed by atoms with E-state index in [0.29, 0.717) is 6.54 Å². The number of nitrogens with zero attached hydrogens (tertiary/aromatic N) is 3. The van der Waals surface area contributed by atoms with Gasteiger partial charge in [-0.25, -0.2) is 4.98 Å². The molecular weight excluding hydrogens is 280 g/mol. The van der Waals surface area contributed by atoms with E-state index in [-0.39, 0.29) is 0 Å². The molecule has 0 aliphatic heterocycles. The van der Waals surface area contributed by atoms with Crippen molar-refractivity contribution in [3.8, 4) is 0 Å². The first kappa shape index (κ1) is 14.1. The largest absolute Gasteiger partial charge is 0.399 e. The molecule has 2 N–H and O–H groups in total. The van der Waals surface area contributed by atoms with E-state index in [0.717, 1.165) is 40.1 Å². The van der Waals surface area contributed by atoms with Crippen molar-refractivity contribution >= 4 is 34.0 Å². The van der Waals surface area contributed by atoms with Gasteiger partial charge in [0.15, 0.2) is 0 Å². The smallest absolute Gasteiger partial charge is 0.205 e. The van der Waals surface area contributed by atoms with Crippen LogP contribution in [0, 0.1) is 0 Å². The number of rotatable bonds is 5. The van der Waals surface area contributed by atoms with Crippen molar-refractivity contribution in [3.05, 3.63) is 34.6 Å². The number of aryl methyl sites for hydroxylation is 1. The number of hydrogen-bond acceptors (Lipinski definition) is 5. The number of hydrogen-bond donors (Lipinski definition) is 1. The van der Waals surface area contributed by atoms with Gasteiger partial charge in [0, 0.05) is 42.3 Å². The summed E-state index contributed by atoms with van der Waals surface area (Å²) in [7, 11) is 1.98. The molecule has 0 unspecified atom stereocenters. The Labute approximate surface area is 122 Å². The molecule has 0 bridgehead atoms. The highest BCUT2D eigenvalue weighted by Crippen LogP contribution is 2.24. The lowest BCUT2D eigenvalue weighted by atomic mass is 10.2. The summed E-state index contributed by atoms with van der Waals surface area (Å²) in [5.41, 5.74) is 7.50. The van der Waals surface area contributed by atoms with Crippen LogP contribution in [-0.2, 0) is 13.0 Å². The van der Waals surface area contributed by atoms with Gasteiger partial charge in [-0.3, -0.25) is 0 Å². The third-order valence-electron chi connectivity index (χ3n) is 2.73. The zero-order valence-electron chi connectivity index (χ0n) is 11.1. The van der Waals surface area contributed by atoms with E-state index in [4.69, 9.17) is 17.3 Å². The minimum absolute atomic E-state index is 0.671. The Bertz CT molecular complexity index is 555. The van der Waals surface area contributed by atoms with Crippen LogP contribution in [0.5, 0.6) is 0 Å². The SMILES string of the molecule is CCCc1nsc(N(C)Cc2cc(N)ccc2Cl)n1. The second-order valence-electron chi connectivity index (χ2n) is 4.45. The van der Waals surface area contributed by atoms with Gasteiger partial charge in [-0.1, -0.05) is 18.5 Å². The van der Waals surface area contributed by atoms with Crippen LogP contribution >= 0.6 is 23.1 Å². The Hall–Kier alpha value is -1.33. The predicted molar refractivity (Wildman–Crippen MR) is 81.9 cm³/mol. The minimum atomic E-state index is 0.671. The van der Waals surface area contributed by atoms with Crippen LogP contribution in [0.15, 0.2) is 18.2 Å². The quantitative estimate of drug-likeness (QED) is 0.860. The summed E-state index contributed by atoms with van der Waals surface area (Å²) in [5.74, 6) is 0.910. The van der Waals surface area contributed by atoms with E-state index in [2.05, 4.69) is 16.3 Å². The molecule has 0 amide bonds. The molecular formula is C13H17ClN4S. The number of nitrogens with two attached hydrogens (primary N) is 1. The van der Waals surface area contributed by atoms with Gasteiger partial charge in [-0.15, -0.1) is 0 Å². The Morgan fingerprint density at radius 1 is 1.42 bits per heavy atom. The standard InChI is InChI=1S/C13H17ClN4S/c1-3-4-12-16-13(19-17-12)18(2)8-9-7-10(15)5-6-11(9)14/h5-7H,3-4,8,15H2,1-2H3. The fraction of sp³-hybridized carbons (Fsp3) is 0.385. The molecule has 0 saturated heterocycles. The Morgan fingerprint density at radius 2 is 2.21 bits per heavy atom. The van der Waals surface area contributed by atoms with Crippen molar-refractivity contribution in [1.29, 1.82) is 0 Å². The maximum atomic E-state index is 6.17. The Balaban J connectivity index is 2.11. The molecule has 2 aromatic rings. The predicted octanol–water partition coefficient (Wildman–Crippen LogP) is 3.36. The molecule has 1 aromatic carbocycles. The van der Waals surface area contributed by atoms with Gasteiger partial charge in [-0.05, 0) is 30.2 Å². The van der Waals surface area contributed by atoms with Gasteiger partial charge < -0.3 is 10.6 Å². The molecule has 0 aliphatic carbocycles. The fourth-order valence-electron chi connectivity index (χ4n) is 1.76. The van der Waals surface area contributed by atoms with Crippen LogP contribution in [-0.4, -0.2) is 16.4 Å². The van der Waals surface area contributed by atoms with Crippen molar-refractivity contribution in [2.24, 2.45) is 0 Å². The van der Waals surface area contributed by atoms with E-state index in [9.17, 15) is 0 Å². The molecule has 102 valence electrons. The first-order valence-electron chi connectivity index (χ1n) is 6.17. The number of anilines is 2. The van der Waals surface area contributed by atoms with Gasteiger partial charge in [0.25, 0.3) is 0 Å². The van der Waals surface area contributed by atoms with Crippen molar-refractivity contribution in [1.82, 2.24) is 9.36 Å². The van der Waals surface area contributed by atoms with Gasteiger partial charge in [-0.2, -0.15) is 4.37 Å². The van der Waals surface area contributed by atoms with Crippen LogP contribution in [0.2, 0.25) is 5.02 Å². The second kappa shape index (κ2) is 6.21. The van der Waals surface area contributed by atoms with E-state index < -0.39 is 0 Å². The molecule has 19 heavy (non-hydrogen) atoms. The molecule has 4 nitrogen and oxygen atoms in total. The topological polar surface area (TPSA) is 55.0 Å². The lowest BCUT2D eigenvalue weighted by molar-refractivity contribution is 0.846. The minimum Gasteiger partial charge on any atom is -0.399 e. The van der Waals surface area contributed by atoms with Crippen molar-refractivity contribution in [2.75, 3.05) is 17.7 Å². The number of halogens is 1. The number of aromatic nitrogens is 2. The molecule has 1 aromatic heterocycles. The molecule has 1 heterocycles. The summed E-state index contributed by atoms with van der Waals surface area (Å²) >= 11 is 7.59. The maximum Gasteiger partial charge on any atom is 0.205 e. The van der Waals surface area contributed by atoms with Gasteiger partial charge >= 0.3 is 0 Å². The Morgan fingerprint density at radius 3 is 2.95 bits per heavy atom. The third-order valence-corrected chi connectivity index (χ3v) is 3.97. The van der Waals surface area contributed by atoms with Crippen molar-refractivity contribution in [2.45, 2.75) is 26.3 Å². The molecule has 2 rings (SSSR count). The maximum absolute atomic E-state index is 6.17. The summed E-state index contributed by atoms with van der Waals surface area (Å²) in [6, 6.07) is 5.52. The highest BCUT2D eigenvalue weighted by Gasteiger charge is 2.10. The van der Waals surface area contributed by atoms with E-state index in [1.807, 2.05) is 24.1 Å². The molecule has 0 radical (unpaired) electrons. The Kier molecular flexibility index (Phi) is 4.61. The lowest BCUT2D eigenvalue weighted by Gasteiger charge is -2.16. The van der Waals surface area contributed by atoms with Crippen molar-refractivity contribution < 1.29 is 0 Å². The summed E-state index contributed by atoms with van der Waals surface area (Å²) < 4.78 is 4.34. The highest BCUT2D eigenvalue weighted by molar-refractivity contribution is 7.09. The number of benzene rings is 1. The van der Waals surface area contributed by atoms with Crippen LogP contribution in [0.1, 0.15) is 24.7 Å². The molecule has 6 heteroatoms.